The van der Waals surface area contributed by atoms with Crippen LogP contribution in [-0.2, 0) is 0 Å². The van der Waals surface area contributed by atoms with Crippen LogP contribution in [0, 0.1) is 0 Å². The third-order valence-corrected chi connectivity index (χ3v) is 4.48. The van der Waals surface area contributed by atoms with Crippen molar-refractivity contribution in [2.45, 2.75) is 19.9 Å². The van der Waals surface area contributed by atoms with Crippen molar-refractivity contribution < 1.29 is 4.74 Å². The number of hydrogen-bond acceptors (Lipinski definition) is 4. The first kappa shape index (κ1) is 14.1. The minimum absolute atomic E-state index is 0.00736. The van der Waals surface area contributed by atoms with Crippen molar-refractivity contribution in [3.63, 3.8) is 0 Å². The summed E-state index contributed by atoms with van der Waals surface area (Å²) >= 11 is -0.00736. The minimum atomic E-state index is -0.00736. The summed E-state index contributed by atoms with van der Waals surface area (Å²) in [5.41, 5.74) is 4.16. The summed E-state index contributed by atoms with van der Waals surface area (Å²) in [5, 5.41) is 3.53. The molecule has 2 aromatic carbocycles. The average Bonchev–Trinajstić information content (AvgIpc) is 2.98. The molecule has 1 atom stereocenters. The summed E-state index contributed by atoms with van der Waals surface area (Å²) < 4.78 is 14.6. The van der Waals surface area contributed by atoms with Gasteiger partial charge >= 0.3 is 130 Å². The summed E-state index contributed by atoms with van der Waals surface area (Å²) in [5.74, 6) is 0.929. The number of aromatic nitrogens is 2. The van der Waals surface area contributed by atoms with Gasteiger partial charge in [-0.3, -0.25) is 0 Å². The maximum absolute atomic E-state index is 5.71. The third-order valence-electron chi connectivity index (χ3n) is 3.34. The number of nitrogens with zero attached hydrogens (tertiary/aromatic N) is 2. The first-order valence-electron chi connectivity index (χ1n) is 6.99. The Kier molecular flexibility index (Phi) is 4.23. The summed E-state index contributed by atoms with van der Waals surface area (Å²) in [6, 6.07) is 14.4. The van der Waals surface area contributed by atoms with E-state index < -0.39 is 0 Å². The van der Waals surface area contributed by atoms with Gasteiger partial charge in [0.15, 0.2) is 0 Å². The molecule has 0 fully saturated rings. The quantitative estimate of drug-likeness (QED) is 0.721. The predicted octanol–water partition coefficient (Wildman–Crippen LogP) is 3.26. The third kappa shape index (κ3) is 2.94. The molecule has 3 aromatic rings. The van der Waals surface area contributed by atoms with Gasteiger partial charge in [-0.25, -0.2) is 0 Å². The predicted molar refractivity (Wildman–Crippen MR) is 86.1 cm³/mol. The van der Waals surface area contributed by atoms with Gasteiger partial charge in [-0.05, 0) is 0 Å². The fraction of sp³-hybridized carbons (Fsp3) is 0.250. The Morgan fingerprint density at radius 1 is 1.14 bits per heavy atom. The molecular weight excluding hydrogens is 329 g/mol. The van der Waals surface area contributed by atoms with E-state index in [0.717, 1.165) is 28.0 Å². The van der Waals surface area contributed by atoms with Gasteiger partial charge in [-0.1, -0.05) is 0 Å². The molecule has 1 aromatic heterocycles. The Labute approximate surface area is 130 Å². The number of nitrogens with one attached hydrogen (secondary N) is 1. The molecule has 0 aliphatic carbocycles. The molecule has 0 aliphatic rings. The Balaban J connectivity index is 1.89. The van der Waals surface area contributed by atoms with Crippen LogP contribution in [0.1, 0.15) is 25.5 Å². The van der Waals surface area contributed by atoms with Crippen molar-refractivity contribution in [1.82, 2.24) is 7.96 Å². The Morgan fingerprint density at radius 3 is 2.86 bits per heavy atom. The molecule has 1 N–H and O–H groups in total. The van der Waals surface area contributed by atoms with E-state index in [-0.39, 0.29) is 21.0 Å². The normalized spacial score (nSPS) is 12.3. The van der Waals surface area contributed by atoms with E-state index in [9.17, 15) is 0 Å². The van der Waals surface area contributed by atoms with Gasteiger partial charge in [-0.15, -0.1) is 0 Å². The van der Waals surface area contributed by atoms with Crippen LogP contribution in [0.4, 0.5) is 5.69 Å². The molecule has 1 unspecified atom stereocenters. The number of ether oxygens (including phenoxy) is 1. The van der Waals surface area contributed by atoms with Crippen molar-refractivity contribution in [3.05, 3.63) is 48.0 Å². The Morgan fingerprint density at radius 2 is 2.00 bits per heavy atom. The van der Waals surface area contributed by atoms with Gasteiger partial charge in [0.1, 0.15) is 0 Å². The van der Waals surface area contributed by atoms with Crippen LogP contribution in [0.25, 0.3) is 11.0 Å². The summed E-state index contributed by atoms with van der Waals surface area (Å²) in [6.45, 7) is 4.80. The second kappa shape index (κ2) is 6.29. The van der Waals surface area contributed by atoms with Gasteiger partial charge < -0.3 is 0 Å². The van der Waals surface area contributed by atoms with Gasteiger partial charge in [0.05, 0.1) is 0 Å². The number of benzene rings is 2. The second-order valence-electron chi connectivity index (χ2n) is 4.77. The molecule has 0 saturated heterocycles. The number of hydrogen-bond donors (Lipinski definition) is 1. The Bertz CT molecular complexity index is 741. The molecule has 5 heteroatoms. The van der Waals surface area contributed by atoms with E-state index in [4.69, 9.17) is 4.74 Å². The molecule has 1 heterocycles. The first-order chi connectivity index (χ1) is 10.3. The summed E-state index contributed by atoms with van der Waals surface area (Å²) in [4.78, 5) is 0. The standard InChI is InChI=1S/C16H17N3OSe/c1-3-20-15-10-5-4-7-12(15)11(2)17-13-8-6-9-14-16(13)19-21-18-14/h4-11,17H,3H2,1-2H3. The molecule has 0 saturated carbocycles. The van der Waals surface area contributed by atoms with Crippen LogP contribution in [0.3, 0.4) is 0 Å². The van der Waals surface area contributed by atoms with Crippen LogP contribution in [0.2, 0.25) is 0 Å². The maximum atomic E-state index is 5.71. The molecule has 21 heavy (non-hydrogen) atoms. The van der Waals surface area contributed by atoms with Crippen LogP contribution >= 0.6 is 0 Å². The van der Waals surface area contributed by atoms with Gasteiger partial charge in [0, 0.05) is 0 Å². The number of fused-ring (bicyclic) bond motifs is 1. The molecule has 108 valence electrons. The van der Waals surface area contributed by atoms with Crippen molar-refractivity contribution >= 4 is 31.7 Å². The van der Waals surface area contributed by atoms with E-state index in [1.165, 1.54) is 0 Å². The fourth-order valence-electron chi connectivity index (χ4n) is 2.36. The zero-order chi connectivity index (χ0) is 14.7. The zero-order valence-electron chi connectivity index (χ0n) is 12.0. The van der Waals surface area contributed by atoms with E-state index in [0.29, 0.717) is 6.61 Å². The van der Waals surface area contributed by atoms with Gasteiger partial charge in [0.25, 0.3) is 0 Å². The molecule has 0 radical (unpaired) electrons. The van der Waals surface area contributed by atoms with Crippen molar-refractivity contribution in [1.29, 1.82) is 0 Å². The number of anilines is 1. The fourth-order valence-corrected chi connectivity index (χ4v) is 3.51. The molecule has 0 bridgehead atoms. The summed E-state index contributed by atoms with van der Waals surface area (Å²) in [6.07, 6.45) is 0. The average molecular weight is 346 g/mol. The van der Waals surface area contributed by atoms with E-state index in [2.05, 4.69) is 32.3 Å². The van der Waals surface area contributed by atoms with E-state index in [1.807, 2.05) is 37.3 Å². The number of para-hydroxylation sites is 1. The van der Waals surface area contributed by atoms with Crippen LogP contribution in [0.15, 0.2) is 42.5 Å². The monoisotopic (exact) mass is 347 g/mol. The molecule has 0 spiro atoms. The second-order valence-corrected chi connectivity index (χ2v) is 5.88. The molecule has 3 rings (SSSR count). The molecular formula is C16H17N3OSe. The first-order valence-corrected chi connectivity index (χ1v) is 8.52. The Hall–Kier alpha value is -1.84. The number of rotatable bonds is 5. The summed E-state index contributed by atoms with van der Waals surface area (Å²) in [7, 11) is 0. The van der Waals surface area contributed by atoms with Gasteiger partial charge in [0.2, 0.25) is 0 Å². The van der Waals surface area contributed by atoms with Crippen LogP contribution in [-0.4, -0.2) is 29.5 Å². The molecule has 0 aliphatic heterocycles. The van der Waals surface area contributed by atoms with Gasteiger partial charge in [-0.2, -0.15) is 0 Å². The van der Waals surface area contributed by atoms with Crippen LogP contribution < -0.4 is 10.1 Å². The topological polar surface area (TPSA) is 47.0 Å². The van der Waals surface area contributed by atoms with Crippen molar-refractivity contribution in [2.75, 3.05) is 11.9 Å². The van der Waals surface area contributed by atoms with Crippen LogP contribution in [0.5, 0.6) is 5.75 Å². The van der Waals surface area contributed by atoms with E-state index in [1.54, 1.807) is 0 Å². The van der Waals surface area contributed by atoms with Crippen molar-refractivity contribution in [2.24, 2.45) is 0 Å². The SMILES string of the molecule is CCOc1ccccc1C(C)Nc1cccc2n[se]nc12. The molecule has 0 amide bonds. The zero-order valence-corrected chi connectivity index (χ0v) is 13.7. The van der Waals surface area contributed by atoms with E-state index >= 15 is 0 Å². The molecule has 4 nitrogen and oxygen atoms in total. The van der Waals surface area contributed by atoms with Crippen molar-refractivity contribution in [3.8, 4) is 5.75 Å².